The Morgan fingerprint density at radius 2 is 2.12 bits per heavy atom. The average Bonchev–Trinajstić information content (AvgIpc) is 2.79. The summed E-state index contributed by atoms with van der Waals surface area (Å²) in [6.07, 6.45) is 2.79. The molecule has 0 fully saturated rings. The molecule has 6 nitrogen and oxygen atoms in total. The smallest absolute Gasteiger partial charge is 0.331 e. The van der Waals surface area contributed by atoms with Crippen LogP contribution in [0.15, 0.2) is 24.3 Å². The maximum atomic E-state index is 13.5. The third kappa shape index (κ3) is 4.90. The lowest BCUT2D eigenvalue weighted by Gasteiger charge is -2.06. The van der Waals surface area contributed by atoms with Crippen LogP contribution in [0, 0.1) is 19.7 Å². The van der Waals surface area contributed by atoms with Crippen molar-refractivity contribution >= 4 is 35.2 Å². The second kappa shape index (κ2) is 7.94. The van der Waals surface area contributed by atoms with E-state index in [-0.39, 0.29) is 10.7 Å². The van der Waals surface area contributed by atoms with Crippen LogP contribution in [0.4, 0.5) is 10.1 Å². The van der Waals surface area contributed by atoms with Gasteiger partial charge < -0.3 is 10.1 Å². The maximum absolute atomic E-state index is 13.5. The number of esters is 1. The number of ether oxygens (including phenoxy) is 1. The number of hydrogen-bond acceptors (Lipinski definition) is 4. The van der Waals surface area contributed by atoms with Gasteiger partial charge in [0.25, 0.3) is 5.91 Å². The minimum Gasteiger partial charge on any atom is -0.452 e. The largest absolute Gasteiger partial charge is 0.452 e. The van der Waals surface area contributed by atoms with E-state index in [0.29, 0.717) is 0 Å². The highest BCUT2D eigenvalue weighted by molar-refractivity contribution is 6.30. The molecule has 8 heteroatoms. The van der Waals surface area contributed by atoms with Gasteiger partial charge in [-0.05, 0) is 38.1 Å². The molecule has 0 spiro atoms. The second-order valence-corrected chi connectivity index (χ2v) is 5.76. The van der Waals surface area contributed by atoms with Gasteiger partial charge in [-0.1, -0.05) is 11.6 Å². The summed E-state index contributed by atoms with van der Waals surface area (Å²) in [6.45, 7) is 3.16. The second-order valence-electron chi connectivity index (χ2n) is 5.32. The van der Waals surface area contributed by atoms with Gasteiger partial charge in [0.15, 0.2) is 6.61 Å². The first-order valence-electron chi connectivity index (χ1n) is 7.38. The van der Waals surface area contributed by atoms with Crippen LogP contribution in [0.1, 0.15) is 17.0 Å². The molecule has 1 aromatic carbocycles. The van der Waals surface area contributed by atoms with Gasteiger partial charge >= 0.3 is 5.97 Å². The van der Waals surface area contributed by atoms with Crippen LogP contribution in [0.2, 0.25) is 5.02 Å². The fourth-order valence-corrected chi connectivity index (χ4v) is 2.32. The van der Waals surface area contributed by atoms with Crippen LogP contribution >= 0.6 is 11.6 Å². The van der Waals surface area contributed by atoms with Crippen molar-refractivity contribution in [3.8, 4) is 0 Å². The minimum atomic E-state index is -0.690. The number of nitrogens with one attached hydrogen (secondary N) is 1. The number of hydrogen-bond donors (Lipinski definition) is 1. The molecule has 0 aliphatic heterocycles. The van der Waals surface area contributed by atoms with E-state index in [1.54, 1.807) is 17.8 Å². The highest BCUT2D eigenvalue weighted by Crippen LogP contribution is 2.19. The van der Waals surface area contributed by atoms with Crippen molar-refractivity contribution in [2.24, 2.45) is 7.05 Å². The Morgan fingerprint density at radius 1 is 1.40 bits per heavy atom. The maximum Gasteiger partial charge on any atom is 0.331 e. The zero-order valence-electron chi connectivity index (χ0n) is 14.0. The molecule has 25 heavy (non-hydrogen) atoms. The fraction of sp³-hybridized carbons (Fsp3) is 0.235. The molecular formula is C17H17ClFN3O3. The van der Waals surface area contributed by atoms with Gasteiger partial charge in [0.2, 0.25) is 0 Å². The zero-order chi connectivity index (χ0) is 18.6. The number of nitrogens with zero attached hydrogens (tertiary/aromatic N) is 2. The summed E-state index contributed by atoms with van der Waals surface area (Å²) in [4.78, 5) is 23.4. The molecule has 0 bridgehead atoms. The van der Waals surface area contributed by atoms with Gasteiger partial charge in [0, 0.05) is 29.4 Å². The molecule has 1 N–H and O–H groups in total. The Labute approximate surface area is 149 Å². The lowest BCUT2D eigenvalue weighted by molar-refractivity contribution is -0.142. The van der Waals surface area contributed by atoms with E-state index in [9.17, 15) is 14.0 Å². The Kier molecular flexibility index (Phi) is 5.93. The molecule has 0 saturated carbocycles. The van der Waals surface area contributed by atoms with E-state index in [4.69, 9.17) is 16.3 Å². The molecule has 0 aliphatic carbocycles. The van der Waals surface area contributed by atoms with Crippen molar-refractivity contribution in [3.63, 3.8) is 0 Å². The first-order chi connectivity index (χ1) is 11.8. The molecule has 1 heterocycles. The molecule has 0 saturated heterocycles. The lowest BCUT2D eigenvalue weighted by Crippen LogP contribution is -2.20. The topological polar surface area (TPSA) is 73.2 Å². The van der Waals surface area contributed by atoms with Gasteiger partial charge in [0.1, 0.15) is 5.82 Å². The third-order valence-electron chi connectivity index (χ3n) is 3.50. The fourth-order valence-electron chi connectivity index (χ4n) is 2.15. The van der Waals surface area contributed by atoms with Crippen molar-refractivity contribution < 1.29 is 18.7 Å². The Hall–Kier alpha value is -2.67. The van der Waals surface area contributed by atoms with Crippen LogP contribution in [-0.2, 0) is 21.4 Å². The van der Waals surface area contributed by atoms with Gasteiger partial charge in [-0.3, -0.25) is 9.48 Å². The lowest BCUT2D eigenvalue weighted by atomic mass is 10.2. The molecule has 2 rings (SSSR count). The highest BCUT2D eigenvalue weighted by Gasteiger charge is 2.10. The summed E-state index contributed by atoms with van der Waals surface area (Å²) in [6, 6.07) is 3.76. The summed E-state index contributed by atoms with van der Waals surface area (Å²) >= 11 is 5.74. The summed E-state index contributed by atoms with van der Waals surface area (Å²) < 4.78 is 20.1. The Bertz CT molecular complexity index is 846. The number of halogens is 2. The summed E-state index contributed by atoms with van der Waals surface area (Å²) in [7, 11) is 1.80. The minimum absolute atomic E-state index is 0.0781. The van der Waals surface area contributed by atoms with Crippen LogP contribution < -0.4 is 5.32 Å². The Balaban J connectivity index is 1.90. The Morgan fingerprint density at radius 3 is 2.76 bits per heavy atom. The van der Waals surface area contributed by atoms with Crippen molar-refractivity contribution in [1.29, 1.82) is 0 Å². The van der Waals surface area contributed by atoms with Crippen molar-refractivity contribution in [2.75, 3.05) is 11.9 Å². The van der Waals surface area contributed by atoms with E-state index < -0.39 is 24.3 Å². The van der Waals surface area contributed by atoms with Gasteiger partial charge in [-0.25, -0.2) is 9.18 Å². The number of rotatable bonds is 5. The van der Waals surface area contributed by atoms with Crippen LogP contribution in [-0.4, -0.2) is 28.3 Å². The SMILES string of the molecule is Cc1nn(C)c(C)c1/C=C/C(=O)OCC(=O)Nc1cc(Cl)ccc1F. The number of anilines is 1. The molecule has 2 aromatic rings. The molecular weight excluding hydrogens is 349 g/mol. The summed E-state index contributed by atoms with van der Waals surface area (Å²) in [5.74, 6) is -1.99. The number of aryl methyl sites for hydroxylation is 2. The van der Waals surface area contributed by atoms with Crippen LogP contribution in [0.5, 0.6) is 0 Å². The predicted molar refractivity (Wildman–Crippen MR) is 92.7 cm³/mol. The van der Waals surface area contributed by atoms with E-state index in [2.05, 4.69) is 10.4 Å². The van der Waals surface area contributed by atoms with Crippen molar-refractivity contribution in [1.82, 2.24) is 9.78 Å². The van der Waals surface area contributed by atoms with Crippen LogP contribution in [0.3, 0.4) is 0 Å². The number of carbonyl (C=O) groups excluding carboxylic acids is 2. The normalized spacial score (nSPS) is 10.9. The predicted octanol–water partition coefficient (Wildman–Crippen LogP) is 3.02. The molecule has 0 unspecified atom stereocenters. The molecule has 1 aromatic heterocycles. The number of benzene rings is 1. The number of carbonyl (C=O) groups is 2. The quantitative estimate of drug-likeness (QED) is 0.653. The first-order valence-corrected chi connectivity index (χ1v) is 7.75. The number of aromatic nitrogens is 2. The van der Waals surface area contributed by atoms with Crippen molar-refractivity contribution in [3.05, 3.63) is 52.1 Å². The van der Waals surface area contributed by atoms with Gasteiger partial charge in [-0.2, -0.15) is 5.10 Å². The van der Waals surface area contributed by atoms with Gasteiger partial charge in [-0.15, -0.1) is 0 Å². The molecule has 0 radical (unpaired) electrons. The number of amides is 1. The standard InChI is InChI=1S/C17H17ClFN3O3/c1-10-13(11(2)22(3)21-10)5-7-17(24)25-9-16(23)20-15-8-12(18)4-6-14(15)19/h4-8H,9H2,1-3H3,(H,20,23)/b7-5+. The highest BCUT2D eigenvalue weighted by atomic mass is 35.5. The zero-order valence-corrected chi connectivity index (χ0v) is 14.7. The van der Waals surface area contributed by atoms with E-state index in [0.717, 1.165) is 23.0 Å². The molecule has 0 aliphatic rings. The van der Waals surface area contributed by atoms with Crippen molar-refractivity contribution in [2.45, 2.75) is 13.8 Å². The summed E-state index contributed by atoms with van der Waals surface area (Å²) in [5, 5.41) is 6.79. The molecule has 0 atom stereocenters. The van der Waals surface area contributed by atoms with E-state index in [1.807, 2.05) is 13.8 Å². The third-order valence-corrected chi connectivity index (χ3v) is 3.73. The first kappa shape index (κ1) is 18.7. The van der Waals surface area contributed by atoms with E-state index >= 15 is 0 Å². The molecule has 132 valence electrons. The average molecular weight is 366 g/mol. The van der Waals surface area contributed by atoms with Crippen LogP contribution in [0.25, 0.3) is 6.08 Å². The molecule has 1 amide bonds. The van der Waals surface area contributed by atoms with Gasteiger partial charge in [0.05, 0.1) is 11.4 Å². The monoisotopic (exact) mass is 365 g/mol. The van der Waals surface area contributed by atoms with E-state index in [1.165, 1.54) is 18.2 Å². The summed E-state index contributed by atoms with van der Waals surface area (Å²) in [5.41, 5.74) is 2.41.